The summed E-state index contributed by atoms with van der Waals surface area (Å²) in [6.07, 6.45) is 2.39. The van der Waals surface area contributed by atoms with E-state index in [0.29, 0.717) is 18.7 Å². The molecule has 1 fully saturated rings. The first-order valence-electron chi connectivity index (χ1n) is 5.97. The van der Waals surface area contributed by atoms with Crippen LogP contribution in [0.4, 0.5) is 0 Å². The quantitative estimate of drug-likeness (QED) is 0.842. The van der Waals surface area contributed by atoms with Crippen molar-refractivity contribution in [3.63, 3.8) is 0 Å². The van der Waals surface area contributed by atoms with Crippen molar-refractivity contribution in [2.24, 2.45) is 0 Å². The van der Waals surface area contributed by atoms with E-state index >= 15 is 0 Å². The van der Waals surface area contributed by atoms with Gasteiger partial charge in [-0.25, -0.2) is 4.79 Å². The molecule has 1 aliphatic heterocycles. The van der Waals surface area contributed by atoms with Gasteiger partial charge in [0, 0.05) is 11.3 Å². The van der Waals surface area contributed by atoms with Gasteiger partial charge in [0.15, 0.2) is 0 Å². The van der Waals surface area contributed by atoms with E-state index in [1.807, 2.05) is 0 Å². The molecule has 0 radical (unpaired) electrons. The lowest BCUT2D eigenvalue weighted by Gasteiger charge is -2.33. The SMILES string of the molecule is CC(C)(C)SCC(=O)N1CCCCC1C(=O)O. The molecule has 5 heteroatoms. The number of aliphatic carboxylic acids is 1. The third kappa shape index (κ3) is 4.58. The molecule has 0 aromatic heterocycles. The Kier molecular flexibility index (Phi) is 4.86. The van der Waals surface area contributed by atoms with Crippen molar-refractivity contribution in [2.75, 3.05) is 12.3 Å². The number of amides is 1. The van der Waals surface area contributed by atoms with Crippen LogP contribution < -0.4 is 0 Å². The minimum absolute atomic E-state index is 0.0319. The minimum Gasteiger partial charge on any atom is -0.480 e. The molecule has 1 unspecified atom stereocenters. The molecule has 1 heterocycles. The predicted octanol–water partition coefficient (Wildman–Crippen LogP) is 1.98. The van der Waals surface area contributed by atoms with Gasteiger partial charge in [0.05, 0.1) is 5.75 Å². The van der Waals surface area contributed by atoms with Crippen LogP contribution in [0, 0.1) is 0 Å². The fraction of sp³-hybridized carbons (Fsp3) is 0.833. The third-order valence-electron chi connectivity index (χ3n) is 2.74. The van der Waals surface area contributed by atoms with Gasteiger partial charge in [-0.1, -0.05) is 20.8 Å². The molecule has 1 aliphatic rings. The Hall–Kier alpha value is -0.710. The largest absolute Gasteiger partial charge is 0.480 e. The maximum absolute atomic E-state index is 12.0. The van der Waals surface area contributed by atoms with Gasteiger partial charge in [-0.05, 0) is 19.3 Å². The maximum atomic E-state index is 12.0. The Bertz CT molecular complexity index is 299. The Morgan fingerprint density at radius 3 is 2.53 bits per heavy atom. The maximum Gasteiger partial charge on any atom is 0.326 e. The van der Waals surface area contributed by atoms with E-state index in [0.717, 1.165) is 12.8 Å². The molecule has 0 aromatic rings. The number of carboxylic acids is 1. The highest BCUT2D eigenvalue weighted by Crippen LogP contribution is 2.25. The Morgan fingerprint density at radius 2 is 2.00 bits per heavy atom. The van der Waals surface area contributed by atoms with Gasteiger partial charge >= 0.3 is 5.97 Å². The van der Waals surface area contributed by atoms with Crippen molar-refractivity contribution >= 4 is 23.6 Å². The summed E-state index contributed by atoms with van der Waals surface area (Å²) in [6.45, 7) is 6.74. The van der Waals surface area contributed by atoms with E-state index in [4.69, 9.17) is 5.11 Å². The van der Waals surface area contributed by atoms with Crippen LogP contribution in [0.5, 0.6) is 0 Å². The second-order valence-electron chi connectivity index (χ2n) is 5.34. The summed E-state index contributed by atoms with van der Waals surface area (Å²) in [7, 11) is 0. The van der Waals surface area contributed by atoms with E-state index in [1.165, 1.54) is 4.90 Å². The number of piperidine rings is 1. The summed E-state index contributed by atoms with van der Waals surface area (Å²) in [6, 6.07) is -0.614. The van der Waals surface area contributed by atoms with Crippen LogP contribution in [-0.2, 0) is 9.59 Å². The lowest BCUT2D eigenvalue weighted by atomic mass is 10.0. The second kappa shape index (κ2) is 5.76. The number of thioether (sulfide) groups is 1. The van der Waals surface area contributed by atoms with Crippen LogP contribution in [0.3, 0.4) is 0 Å². The second-order valence-corrected chi connectivity index (χ2v) is 7.14. The fourth-order valence-corrected chi connectivity index (χ4v) is 2.57. The van der Waals surface area contributed by atoms with Crippen LogP contribution in [0.2, 0.25) is 0 Å². The molecule has 1 N–H and O–H groups in total. The number of carboxylic acid groups (broad SMARTS) is 1. The molecule has 4 nitrogen and oxygen atoms in total. The van der Waals surface area contributed by atoms with Crippen LogP contribution in [0.25, 0.3) is 0 Å². The first-order valence-corrected chi connectivity index (χ1v) is 6.96. The van der Waals surface area contributed by atoms with E-state index < -0.39 is 12.0 Å². The van der Waals surface area contributed by atoms with E-state index in [-0.39, 0.29) is 10.7 Å². The number of hydrogen-bond donors (Lipinski definition) is 1. The molecule has 98 valence electrons. The van der Waals surface area contributed by atoms with Crippen molar-refractivity contribution in [3.8, 4) is 0 Å². The minimum atomic E-state index is -0.876. The van der Waals surface area contributed by atoms with Crippen LogP contribution in [-0.4, -0.2) is 45.0 Å². The van der Waals surface area contributed by atoms with Gasteiger partial charge in [-0.3, -0.25) is 4.79 Å². The Labute approximate surface area is 107 Å². The fourth-order valence-electron chi connectivity index (χ4n) is 1.85. The lowest BCUT2D eigenvalue weighted by molar-refractivity contribution is -0.150. The van der Waals surface area contributed by atoms with Crippen LogP contribution in [0.15, 0.2) is 0 Å². The normalized spacial score (nSPS) is 21.4. The molecule has 1 atom stereocenters. The Balaban J connectivity index is 2.56. The molecule has 0 bridgehead atoms. The van der Waals surface area contributed by atoms with Crippen LogP contribution >= 0.6 is 11.8 Å². The standard InChI is InChI=1S/C12H21NO3S/c1-12(2,3)17-8-10(14)13-7-5-4-6-9(13)11(15)16/h9H,4-8H2,1-3H3,(H,15,16). The van der Waals surface area contributed by atoms with Gasteiger partial charge in [-0.2, -0.15) is 0 Å². The average Bonchev–Trinajstić information content (AvgIpc) is 2.25. The van der Waals surface area contributed by atoms with Gasteiger partial charge in [0.2, 0.25) is 5.91 Å². The summed E-state index contributed by atoms with van der Waals surface area (Å²) in [4.78, 5) is 24.6. The van der Waals surface area contributed by atoms with Crippen molar-refractivity contribution in [1.82, 2.24) is 4.90 Å². The zero-order valence-electron chi connectivity index (χ0n) is 10.7. The molecular weight excluding hydrogens is 238 g/mol. The molecule has 1 saturated heterocycles. The summed E-state index contributed by atoms with van der Waals surface area (Å²) < 4.78 is 0.0319. The van der Waals surface area contributed by atoms with Crippen molar-refractivity contribution < 1.29 is 14.7 Å². The van der Waals surface area contributed by atoms with Gasteiger partial charge < -0.3 is 10.0 Å². The van der Waals surface area contributed by atoms with E-state index in [2.05, 4.69) is 20.8 Å². The summed E-state index contributed by atoms with van der Waals surface area (Å²) >= 11 is 1.56. The van der Waals surface area contributed by atoms with Gasteiger partial charge in [0.1, 0.15) is 6.04 Å². The molecule has 1 rings (SSSR count). The van der Waals surface area contributed by atoms with E-state index in [9.17, 15) is 9.59 Å². The summed E-state index contributed by atoms with van der Waals surface area (Å²) in [5, 5.41) is 9.08. The topological polar surface area (TPSA) is 57.6 Å². The highest BCUT2D eigenvalue weighted by molar-refractivity contribution is 8.01. The van der Waals surface area contributed by atoms with Gasteiger partial charge in [0.25, 0.3) is 0 Å². The highest BCUT2D eigenvalue weighted by atomic mass is 32.2. The molecule has 1 amide bonds. The number of likely N-dealkylation sites (tertiary alicyclic amines) is 1. The zero-order valence-corrected chi connectivity index (χ0v) is 11.5. The number of hydrogen-bond acceptors (Lipinski definition) is 3. The van der Waals surface area contributed by atoms with Crippen molar-refractivity contribution in [1.29, 1.82) is 0 Å². The summed E-state index contributed by atoms with van der Waals surface area (Å²) in [5.74, 6) is -0.552. The molecular formula is C12H21NO3S. The number of carbonyl (C=O) groups excluding carboxylic acids is 1. The smallest absolute Gasteiger partial charge is 0.326 e. The Morgan fingerprint density at radius 1 is 1.35 bits per heavy atom. The average molecular weight is 259 g/mol. The van der Waals surface area contributed by atoms with Crippen molar-refractivity contribution in [3.05, 3.63) is 0 Å². The first kappa shape index (κ1) is 14.4. The summed E-state index contributed by atoms with van der Waals surface area (Å²) in [5.41, 5.74) is 0. The van der Waals surface area contributed by atoms with Gasteiger partial charge in [-0.15, -0.1) is 11.8 Å². The number of rotatable bonds is 3. The van der Waals surface area contributed by atoms with Crippen molar-refractivity contribution in [2.45, 2.75) is 50.8 Å². The lowest BCUT2D eigenvalue weighted by Crippen LogP contribution is -2.48. The number of carbonyl (C=O) groups is 2. The highest BCUT2D eigenvalue weighted by Gasteiger charge is 2.32. The molecule has 0 saturated carbocycles. The monoisotopic (exact) mass is 259 g/mol. The third-order valence-corrected chi connectivity index (χ3v) is 3.99. The van der Waals surface area contributed by atoms with E-state index in [1.54, 1.807) is 11.8 Å². The molecule has 0 aromatic carbocycles. The van der Waals surface area contributed by atoms with Crippen LogP contribution in [0.1, 0.15) is 40.0 Å². The molecule has 0 spiro atoms. The molecule has 17 heavy (non-hydrogen) atoms. The zero-order chi connectivity index (χ0) is 13.1. The number of nitrogens with zero attached hydrogens (tertiary/aromatic N) is 1. The first-order chi connectivity index (χ1) is 7.81. The molecule has 0 aliphatic carbocycles. The predicted molar refractivity (Wildman–Crippen MR) is 69.2 cm³/mol.